The number of benzene rings is 3. The summed E-state index contributed by atoms with van der Waals surface area (Å²) in [6.45, 7) is 0.618. The highest BCUT2D eigenvalue weighted by molar-refractivity contribution is 6.34. The van der Waals surface area contributed by atoms with Crippen LogP contribution >= 0.6 is 11.6 Å². The van der Waals surface area contributed by atoms with Crippen LogP contribution in [-0.2, 0) is 21.5 Å². The number of amides is 2. The Hall–Kier alpha value is -3.93. The monoisotopic (exact) mass is 630 g/mol. The molecule has 2 atom stereocenters. The molecule has 2 amide bonds. The van der Waals surface area contributed by atoms with Gasteiger partial charge in [-0.2, -0.15) is 0 Å². The molecule has 2 aliphatic rings. The zero-order chi connectivity index (χ0) is 31.4. The first-order chi connectivity index (χ1) is 21.1. The van der Waals surface area contributed by atoms with Crippen LogP contribution in [0.4, 0.5) is 13.6 Å². The molecule has 9 nitrogen and oxygen atoms in total. The molecule has 1 fully saturated rings. The zero-order valence-electron chi connectivity index (χ0n) is 24.3. The number of hydrogen-bond donors (Lipinski definition) is 2. The van der Waals surface area contributed by atoms with Crippen LogP contribution in [0.2, 0.25) is 5.02 Å². The third-order valence-electron chi connectivity index (χ3n) is 7.78. The summed E-state index contributed by atoms with van der Waals surface area (Å²) in [6, 6.07) is 12.7. The van der Waals surface area contributed by atoms with Gasteiger partial charge in [0, 0.05) is 49.9 Å². The first-order valence-corrected chi connectivity index (χ1v) is 14.6. The maximum absolute atomic E-state index is 16.4. The first-order valence-electron chi connectivity index (χ1n) is 14.3. The van der Waals surface area contributed by atoms with Crippen LogP contribution in [0.1, 0.15) is 40.7 Å². The highest BCUT2D eigenvalue weighted by Gasteiger charge is 2.45. The Balaban J connectivity index is 1.57. The lowest BCUT2D eigenvalue weighted by atomic mass is 9.85. The molecular formula is C32H33ClF2N2O7. The third kappa shape index (κ3) is 6.31. The van der Waals surface area contributed by atoms with Crippen molar-refractivity contribution in [2.75, 3.05) is 40.5 Å². The molecule has 2 heterocycles. The van der Waals surface area contributed by atoms with Crippen molar-refractivity contribution in [1.29, 1.82) is 0 Å². The minimum atomic E-state index is -1.29. The van der Waals surface area contributed by atoms with Gasteiger partial charge in [0.05, 0.1) is 23.7 Å². The summed E-state index contributed by atoms with van der Waals surface area (Å²) >= 11 is 6.56. The smallest absolute Gasteiger partial charge is 0.407 e. The molecule has 0 saturated carbocycles. The maximum atomic E-state index is 16.4. The number of rotatable bonds is 10. The van der Waals surface area contributed by atoms with E-state index < -0.39 is 34.3 Å². The van der Waals surface area contributed by atoms with E-state index in [1.165, 1.54) is 26.2 Å². The molecule has 0 spiro atoms. The van der Waals surface area contributed by atoms with Crippen LogP contribution in [-0.4, -0.2) is 68.8 Å². The number of fused-ring (bicyclic) bond motifs is 1. The first kappa shape index (κ1) is 31.5. The summed E-state index contributed by atoms with van der Waals surface area (Å²) in [6.07, 6.45) is 1.19. The Bertz CT molecular complexity index is 1530. The number of nitrogens with one attached hydrogen (secondary N) is 1. The van der Waals surface area contributed by atoms with E-state index in [-0.39, 0.29) is 60.7 Å². The Labute approximate surface area is 258 Å². The molecule has 2 aliphatic heterocycles. The highest BCUT2D eigenvalue weighted by Crippen LogP contribution is 2.51. The number of hydrogen-bond acceptors (Lipinski definition) is 6. The molecular weight excluding hydrogens is 598 g/mol. The van der Waals surface area contributed by atoms with E-state index >= 15 is 8.78 Å². The molecule has 12 heteroatoms. The molecule has 1 unspecified atom stereocenters. The van der Waals surface area contributed by atoms with Gasteiger partial charge in [-0.05, 0) is 37.0 Å². The van der Waals surface area contributed by atoms with E-state index in [1.807, 2.05) is 0 Å². The topological polar surface area (TPSA) is 107 Å². The second-order valence-corrected chi connectivity index (χ2v) is 11.1. The summed E-state index contributed by atoms with van der Waals surface area (Å²) in [5, 5.41) is 11.7. The molecule has 3 aromatic carbocycles. The van der Waals surface area contributed by atoms with Crippen LogP contribution in [0, 0.1) is 11.6 Å². The molecule has 3 aromatic rings. The van der Waals surface area contributed by atoms with Crippen molar-refractivity contribution in [1.82, 2.24) is 10.2 Å². The Morgan fingerprint density at radius 1 is 1.14 bits per heavy atom. The Morgan fingerprint density at radius 2 is 1.91 bits per heavy atom. The fraction of sp³-hybridized carbons (Fsp3) is 0.375. The number of nitrogens with zero attached hydrogens (tertiary/aromatic N) is 1. The summed E-state index contributed by atoms with van der Waals surface area (Å²) in [5.74, 6) is -2.58. The van der Waals surface area contributed by atoms with Gasteiger partial charge in [0.15, 0.2) is 23.5 Å². The zero-order valence-corrected chi connectivity index (χ0v) is 25.1. The van der Waals surface area contributed by atoms with Gasteiger partial charge in [0.1, 0.15) is 18.2 Å². The average molecular weight is 631 g/mol. The van der Waals surface area contributed by atoms with Crippen LogP contribution < -0.4 is 14.8 Å². The minimum absolute atomic E-state index is 0.00619. The van der Waals surface area contributed by atoms with Gasteiger partial charge >= 0.3 is 6.09 Å². The number of likely N-dealkylation sites (N-methyl/N-ethyl adjacent to an activating group) is 1. The number of carbonyl (C=O) groups excluding carboxylic acids is 1. The van der Waals surface area contributed by atoms with Gasteiger partial charge in [0.2, 0.25) is 0 Å². The maximum Gasteiger partial charge on any atom is 0.407 e. The molecule has 0 radical (unpaired) electrons. The van der Waals surface area contributed by atoms with Gasteiger partial charge in [-0.3, -0.25) is 4.79 Å². The molecule has 0 bridgehead atoms. The lowest BCUT2D eigenvalue weighted by molar-refractivity contribution is -0.165. The largest absolute Gasteiger partial charge is 0.488 e. The van der Waals surface area contributed by atoms with Crippen molar-refractivity contribution in [3.8, 4) is 22.6 Å². The number of carboxylic acid groups (broad SMARTS) is 1. The summed E-state index contributed by atoms with van der Waals surface area (Å²) in [5.41, 5.74) is -0.794. The van der Waals surface area contributed by atoms with E-state index in [0.29, 0.717) is 17.7 Å². The van der Waals surface area contributed by atoms with Crippen molar-refractivity contribution >= 4 is 23.6 Å². The SMILES string of the molecule is CNC(=O)c1ccc(OCCOC2CCCCO2)c(F)c1-c1c(Cl)c(F)cc2c1C[C@@](CN(C)C(=O)O)(c1ccccc1)O2. The summed E-state index contributed by atoms with van der Waals surface area (Å²) in [4.78, 5) is 25.9. The van der Waals surface area contributed by atoms with E-state index in [9.17, 15) is 14.7 Å². The molecule has 1 saturated heterocycles. The molecule has 44 heavy (non-hydrogen) atoms. The van der Waals surface area contributed by atoms with E-state index in [1.54, 1.807) is 30.3 Å². The summed E-state index contributed by atoms with van der Waals surface area (Å²) < 4.78 is 55.2. The number of carbonyl (C=O) groups is 2. The van der Waals surface area contributed by atoms with Crippen molar-refractivity contribution in [2.24, 2.45) is 0 Å². The summed E-state index contributed by atoms with van der Waals surface area (Å²) in [7, 11) is 2.78. The van der Waals surface area contributed by atoms with Gasteiger partial charge in [-0.25, -0.2) is 13.6 Å². The van der Waals surface area contributed by atoms with Crippen molar-refractivity contribution in [2.45, 2.75) is 37.6 Å². The second-order valence-electron chi connectivity index (χ2n) is 10.7. The third-order valence-corrected chi connectivity index (χ3v) is 8.15. The normalized spacial score (nSPS) is 19.2. The molecule has 0 aromatic heterocycles. The average Bonchev–Trinajstić information content (AvgIpc) is 3.39. The van der Waals surface area contributed by atoms with Gasteiger partial charge in [-0.1, -0.05) is 41.9 Å². The van der Waals surface area contributed by atoms with Crippen molar-refractivity contribution in [3.63, 3.8) is 0 Å². The van der Waals surface area contributed by atoms with Crippen LogP contribution in [0.25, 0.3) is 11.1 Å². The van der Waals surface area contributed by atoms with Crippen LogP contribution in [0.15, 0.2) is 48.5 Å². The van der Waals surface area contributed by atoms with E-state index in [4.69, 9.17) is 30.5 Å². The van der Waals surface area contributed by atoms with Gasteiger partial charge in [0.25, 0.3) is 5.91 Å². The molecule has 234 valence electrons. The Morgan fingerprint density at radius 3 is 2.59 bits per heavy atom. The fourth-order valence-electron chi connectivity index (χ4n) is 5.64. The quantitative estimate of drug-likeness (QED) is 0.264. The Kier molecular flexibility index (Phi) is 9.57. The fourth-order valence-corrected chi connectivity index (χ4v) is 5.91. The van der Waals surface area contributed by atoms with Crippen LogP contribution in [0.5, 0.6) is 11.5 Å². The molecule has 0 aliphatic carbocycles. The predicted molar refractivity (Wildman–Crippen MR) is 158 cm³/mol. The molecule has 5 rings (SSSR count). The van der Waals surface area contributed by atoms with Crippen LogP contribution in [0.3, 0.4) is 0 Å². The van der Waals surface area contributed by atoms with E-state index in [2.05, 4.69) is 5.32 Å². The van der Waals surface area contributed by atoms with Crippen molar-refractivity contribution in [3.05, 3.63) is 81.9 Å². The predicted octanol–water partition coefficient (Wildman–Crippen LogP) is 6.01. The standard InChI is InChI=1S/C32H33ClF2N2O7/c1-36-30(38)20-11-12-23(41-14-15-43-25-10-6-7-13-42-25)29(35)27(20)26-21-17-32(18-37(2)31(39)40,19-8-4-3-5-9-19)44-24(21)16-22(34)28(26)33/h3-5,8-9,11-12,16,25H,6-7,10,13-15,17-18H2,1-2H3,(H,36,38)(H,39,40)/t25?,32-/m1/s1. The van der Waals surface area contributed by atoms with Gasteiger partial charge in [-0.15, -0.1) is 0 Å². The number of ether oxygens (including phenoxy) is 4. The second kappa shape index (κ2) is 13.4. The molecule has 2 N–H and O–H groups in total. The number of halogens is 3. The van der Waals surface area contributed by atoms with E-state index in [0.717, 1.165) is 30.2 Å². The van der Waals surface area contributed by atoms with Crippen molar-refractivity contribution < 1.29 is 42.4 Å². The van der Waals surface area contributed by atoms with Gasteiger partial charge < -0.3 is 34.3 Å². The minimum Gasteiger partial charge on any atom is -0.488 e. The lowest BCUT2D eigenvalue weighted by Crippen LogP contribution is -2.44. The lowest BCUT2D eigenvalue weighted by Gasteiger charge is -2.32. The highest BCUT2D eigenvalue weighted by atomic mass is 35.5.